The van der Waals surface area contributed by atoms with Gasteiger partial charge < -0.3 is 0 Å². The largest absolute Gasteiger partial charge is 0.0713 e. The van der Waals surface area contributed by atoms with E-state index in [-0.39, 0.29) is 7.92 Å². The average Bonchev–Trinajstić information content (AvgIpc) is 2.21. The van der Waals surface area contributed by atoms with E-state index in [1.165, 1.54) is 12.3 Å². The molecule has 0 fully saturated rings. The molecule has 1 aromatic carbocycles. The number of hydrogen-bond acceptors (Lipinski definition) is 0. The summed E-state index contributed by atoms with van der Waals surface area (Å²) in [6, 6.07) is 10.2. The molecular weight excluding hydrogens is 175 g/mol. The molecule has 0 nitrogen and oxygen atoms in total. The molecule has 0 aliphatic carbocycles. The second kappa shape index (κ2) is 5.79. The van der Waals surface area contributed by atoms with Crippen LogP contribution in [-0.4, -0.2) is 12.3 Å². The van der Waals surface area contributed by atoms with E-state index >= 15 is 0 Å². The zero-order valence-electron chi connectivity index (χ0n) is 8.25. The number of hydrogen-bond donors (Lipinski definition) is 0. The summed E-state index contributed by atoms with van der Waals surface area (Å²) in [6.07, 6.45) is 2.43. The van der Waals surface area contributed by atoms with E-state index in [1.807, 2.05) is 18.2 Å². The Hall–Kier alpha value is -0.790. The van der Waals surface area contributed by atoms with Crippen molar-refractivity contribution < 1.29 is 0 Å². The molecule has 0 heterocycles. The van der Waals surface area contributed by atoms with E-state index < -0.39 is 0 Å². The van der Waals surface area contributed by atoms with E-state index in [4.69, 9.17) is 0 Å². The Bertz CT molecular complexity index is 288. The van der Waals surface area contributed by atoms with Crippen molar-refractivity contribution in [3.05, 3.63) is 35.9 Å². The van der Waals surface area contributed by atoms with Gasteiger partial charge in [-0.2, -0.15) is 0 Å². The van der Waals surface area contributed by atoms with Gasteiger partial charge >= 0.3 is 0 Å². The van der Waals surface area contributed by atoms with Gasteiger partial charge in [0, 0.05) is 5.56 Å². The van der Waals surface area contributed by atoms with Crippen LogP contribution in [0.4, 0.5) is 0 Å². The molecule has 1 rings (SSSR count). The highest BCUT2D eigenvalue weighted by molar-refractivity contribution is 7.62. The van der Waals surface area contributed by atoms with Crippen LogP contribution in [0.2, 0.25) is 0 Å². The number of benzene rings is 1. The molecule has 0 amide bonds. The van der Waals surface area contributed by atoms with E-state index in [9.17, 15) is 0 Å². The molecule has 0 saturated heterocycles. The first-order valence-corrected chi connectivity index (χ1v) is 6.39. The Morgan fingerprint density at radius 1 is 1.08 bits per heavy atom. The minimum Gasteiger partial charge on any atom is -0.0713 e. The van der Waals surface area contributed by atoms with Gasteiger partial charge in [0.05, 0.1) is 0 Å². The van der Waals surface area contributed by atoms with Gasteiger partial charge in [0.2, 0.25) is 0 Å². The highest BCUT2D eigenvalue weighted by Gasteiger charge is 1.94. The number of rotatable bonds is 2. The molecule has 0 aliphatic rings. The zero-order valence-corrected chi connectivity index (χ0v) is 9.14. The minimum atomic E-state index is -0.0410. The summed E-state index contributed by atoms with van der Waals surface area (Å²) < 4.78 is 0. The van der Waals surface area contributed by atoms with Crippen molar-refractivity contribution in [2.45, 2.75) is 13.8 Å². The van der Waals surface area contributed by atoms with Crippen LogP contribution in [-0.2, 0) is 0 Å². The topological polar surface area (TPSA) is 0 Å². The van der Waals surface area contributed by atoms with Gasteiger partial charge in [-0.3, -0.25) is 0 Å². The van der Waals surface area contributed by atoms with E-state index in [1.54, 1.807) is 0 Å². The first kappa shape index (κ1) is 10.3. The highest BCUT2D eigenvalue weighted by Crippen LogP contribution is 2.31. The van der Waals surface area contributed by atoms with Crippen molar-refractivity contribution in [1.29, 1.82) is 0 Å². The third kappa shape index (κ3) is 3.62. The predicted molar refractivity (Wildman–Crippen MR) is 61.3 cm³/mol. The predicted octanol–water partition coefficient (Wildman–Crippen LogP) is 3.52. The summed E-state index contributed by atoms with van der Waals surface area (Å²) in [5.41, 5.74) is 4.49. The van der Waals surface area contributed by atoms with Crippen LogP contribution >= 0.6 is 7.92 Å². The van der Waals surface area contributed by atoms with Crippen LogP contribution in [0, 0.1) is 11.6 Å². The lowest BCUT2D eigenvalue weighted by atomic mass is 10.2. The second-order valence-corrected chi connectivity index (χ2v) is 5.34. The van der Waals surface area contributed by atoms with Crippen LogP contribution in [0.25, 0.3) is 0 Å². The molecule has 0 aliphatic heterocycles. The van der Waals surface area contributed by atoms with Crippen molar-refractivity contribution in [3.8, 4) is 11.6 Å². The van der Waals surface area contributed by atoms with Gasteiger partial charge in [0.25, 0.3) is 0 Å². The van der Waals surface area contributed by atoms with Crippen molar-refractivity contribution in [2.75, 3.05) is 12.3 Å². The monoisotopic (exact) mass is 190 g/mol. The van der Waals surface area contributed by atoms with Crippen LogP contribution in [0.1, 0.15) is 19.4 Å². The molecule has 0 unspecified atom stereocenters. The van der Waals surface area contributed by atoms with Crippen molar-refractivity contribution in [1.82, 2.24) is 0 Å². The Balaban J connectivity index is 2.66. The Kier molecular flexibility index (Phi) is 4.58. The summed E-state index contributed by atoms with van der Waals surface area (Å²) >= 11 is 0. The van der Waals surface area contributed by atoms with Gasteiger partial charge in [-0.1, -0.05) is 43.6 Å². The summed E-state index contributed by atoms with van der Waals surface area (Å²) in [5.74, 6) is 3.23. The van der Waals surface area contributed by atoms with Crippen LogP contribution < -0.4 is 0 Å². The second-order valence-electron chi connectivity index (χ2n) is 2.78. The first-order valence-electron chi connectivity index (χ1n) is 4.68. The van der Waals surface area contributed by atoms with Crippen LogP contribution in [0.15, 0.2) is 30.3 Å². The molecule has 0 aromatic heterocycles. The Morgan fingerprint density at radius 3 is 2.23 bits per heavy atom. The molecule has 68 valence electrons. The van der Waals surface area contributed by atoms with Gasteiger partial charge in [-0.25, -0.2) is 0 Å². The molecule has 13 heavy (non-hydrogen) atoms. The molecule has 0 spiro atoms. The van der Waals surface area contributed by atoms with Gasteiger partial charge in [0.15, 0.2) is 0 Å². The third-order valence-corrected chi connectivity index (χ3v) is 3.85. The summed E-state index contributed by atoms with van der Waals surface area (Å²) in [5, 5.41) is 0. The molecule has 0 bridgehead atoms. The van der Waals surface area contributed by atoms with Crippen molar-refractivity contribution in [2.24, 2.45) is 0 Å². The molecule has 1 aromatic rings. The van der Waals surface area contributed by atoms with Crippen LogP contribution in [0.5, 0.6) is 0 Å². The Labute approximate surface area is 82.1 Å². The van der Waals surface area contributed by atoms with E-state index in [0.29, 0.717) is 0 Å². The molecule has 0 N–H and O–H groups in total. The van der Waals surface area contributed by atoms with E-state index in [0.717, 1.165) is 5.56 Å². The molecular formula is C12H15P. The molecule has 0 radical (unpaired) electrons. The summed E-state index contributed by atoms with van der Waals surface area (Å²) in [4.78, 5) is 0. The molecule has 1 heteroatoms. The van der Waals surface area contributed by atoms with E-state index in [2.05, 4.69) is 37.6 Å². The molecule has 0 atom stereocenters. The average molecular weight is 190 g/mol. The zero-order chi connectivity index (χ0) is 9.52. The first-order chi connectivity index (χ1) is 6.36. The highest BCUT2D eigenvalue weighted by atomic mass is 31.1. The maximum Gasteiger partial charge on any atom is 0.0248 e. The lowest BCUT2D eigenvalue weighted by Gasteiger charge is -2.01. The summed E-state index contributed by atoms with van der Waals surface area (Å²) in [6.45, 7) is 4.43. The maximum atomic E-state index is 3.35. The Morgan fingerprint density at radius 2 is 1.69 bits per heavy atom. The van der Waals surface area contributed by atoms with Gasteiger partial charge in [0.1, 0.15) is 0 Å². The van der Waals surface area contributed by atoms with Gasteiger partial charge in [-0.15, -0.1) is 0 Å². The molecule has 0 saturated carbocycles. The maximum absolute atomic E-state index is 3.35. The van der Waals surface area contributed by atoms with Crippen molar-refractivity contribution in [3.63, 3.8) is 0 Å². The quantitative estimate of drug-likeness (QED) is 0.494. The SMILES string of the molecule is CCP(C#Cc1ccccc1)CC. The van der Waals surface area contributed by atoms with Crippen molar-refractivity contribution >= 4 is 7.92 Å². The fourth-order valence-electron chi connectivity index (χ4n) is 1.05. The minimum absolute atomic E-state index is 0.0410. The van der Waals surface area contributed by atoms with Crippen LogP contribution in [0.3, 0.4) is 0 Å². The normalized spacial score (nSPS) is 9.46. The standard InChI is InChI=1S/C12H15P/c1-3-13(4-2)11-10-12-8-6-5-7-9-12/h5-9H,3-4H2,1-2H3. The van der Waals surface area contributed by atoms with Gasteiger partial charge in [-0.05, 0) is 32.4 Å². The third-order valence-electron chi connectivity index (χ3n) is 1.90. The summed E-state index contributed by atoms with van der Waals surface area (Å²) in [7, 11) is -0.0410. The fraction of sp³-hybridized carbons (Fsp3) is 0.333. The lowest BCUT2D eigenvalue weighted by molar-refractivity contribution is 1.43. The smallest absolute Gasteiger partial charge is 0.0248 e. The fourth-order valence-corrected chi connectivity index (χ4v) is 2.10. The lowest BCUT2D eigenvalue weighted by Crippen LogP contribution is -1.78.